The van der Waals surface area contributed by atoms with Crippen molar-refractivity contribution in [2.24, 2.45) is 0 Å². The van der Waals surface area contributed by atoms with Gasteiger partial charge in [-0.25, -0.2) is 0 Å². The predicted octanol–water partition coefficient (Wildman–Crippen LogP) is 6.27. The summed E-state index contributed by atoms with van der Waals surface area (Å²) in [5.41, 5.74) is 2.69. The van der Waals surface area contributed by atoms with Crippen LogP contribution in [0.5, 0.6) is 5.75 Å². The van der Waals surface area contributed by atoms with Gasteiger partial charge in [0.2, 0.25) is 5.91 Å². The zero-order valence-corrected chi connectivity index (χ0v) is 22.7. The minimum absolute atomic E-state index is 0.0806. The molecule has 0 radical (unpaired) electrons. The molecule has 1 heterocycles. The summed E-state index contributed by atoms with van der Waals surface area (Å²) >= 11 is 14.3. The van der Waals surface area contributed by atoms with Crippen molar-refractivity contribution in [3.63, 3.8) is 0 Å². The van der Waals surface area contributed by atoms with Gasteiger partial charge in [0.05, 0.1) is 30.5 Å². The number of carbonyl (C=O) groups is 1. The monoisotopic (exact) mass is 556 g/mol. The second kappa shape index (κ2) is 13.0. The maximum absolute atomic E-state index is 12.6. The van der Waals surface area contributed by atoms with Gasteiger partial charge in [-0.05, 0) is 48.4 Å². The number of nitrogens with one attached hydrogen (secondary N) is 1. The average Bonchev–Trinajstić information content (AvgIpc) is 3.33. The number of aromatic nitrogens is 3. The molecule has 0 aliphatic carbocycles. The largest absolute Gasteiger partial charge is 0.497 e. The molecule has 192 valence electrons. The molecular formula is C27H26Cl2N4O3S. The lowest BCUT2D eigenvalue weighted by molar-refractivity contribution is -0.126. The van der Waals surface area contributed by atoms with Crippen molar-refractivity contribution in [3.8, 4) is 11.4 Å². The third-order valence-electron chi connectivity index (χ3n) is 5.42. The van der Waals surface area contributed by atoms with Gasteiger partial charge in [-0.3, -0.25) is 9.36 Å². The zero-order chi connectivity index (χ0) is 26.2. The van der Waals surface area contributed by atoms with E-state index in [1.165, 1.54) is 11.8 Å². The van der Waals surface area contributed by atoms with Gasteiger partial charge >= 0.3 is 0 Å². The minimum Gasteiger partial charge on any atom is -0.497 e. The molecule has 0 aliphatic rings. The number of benzene rings is 3. The standard InChI is InChI=1S/C27H26Cl2N4O3S/c1-18(30-25(34)16-36-15-19-7-4-3-5-8-19)26-31-32-27(33(26)24-14-21(28)11-12-23(24)29)37-17-20-9-6-10-22(13-20)35-2/h3-14,18H,15-17H2,1-2H3,(H,30,34). The summed E-state index contributed by atoms with van der Waals surface area (Å²) in [6.45, 7) is 2.11. The highest BCUT2D eigenvalue weighted by atomic mass is 35.5. The van der Waals surface area contributed by atoms with E-state index in [9.17, 15) is 4.79 Å². The van der Waals surface area contributed by atoms with E-state index in [2.05, 4.69) is 15.5 Å². The summed E-state index contributed by atoms with van der Waals surface area (Å²) in [7, 11) is 1.64. The molecule has 1 aromatic heterocycles. The van der Waals surface area contributed by atoms with Crippen LogP contribution in [0.3, 0.4) is 0 Å². The Morgan fingerprint density at radius 1 is 1.03 bits per heavy atom. The first-order valence-corrected chi connectivity index (χ1v) is 13.3. The third-order valence-corrected chi connectivity index (χ3v) is 6.97. The van der Waals surface area contributed by atoms with Gasteiger partial charge in [0.25, 0.3) is 0 Å². The average molecular weight is 558 g/mol. The normalized spacial score (nSPS) is 11.8. The molecule has 0 spiro atoms. The number of halogens is 2. The first-order valence-electron chi connectivity index (χ1n) is 11.5. The van der Waals surface area contributed by atoms with Gasteiger partial charge in [-0.2, -0.15) is 0 Å². The summed E-state index contributed by atoms with van der Waals surface area (Å²) in [5, 5.41) is 13.4. The van der Waals surface area contributed by atoms with Crippen LogP contribution in [0.4, 0.5) is 0 Å². The number of ether oxygens (including phenoxy) is 2. The molecule has 1 atom stereocenters. The number of nitrogens with zero attached hydrogens (tertiary/aromatic N) is 3. The molecule has 1 amide bonds. The van der Waals surface area contributed by atoms with Gasteiger partial charge in [-0.15, -0.1) is 10.2 Å². The van der Waals surface area contributed by atoms with Crippen molar-refractivity contribution in [1.82, 2.24) is 20.1 Å². The molecule has 0 saturated heterocycles. The lowest BCUT2D eigenvalue weighted by Gasteiger charge is -2.17. The Hall–Kier alpha value is -3.04. The van der Waals surface area contributed by atoms with Gasteiger partial charge in [0.1, 0.15) is 12.4 Å². The van der Waals surface area contributed by atoms with E-state index < -0.39 is 6.04 Å². The van der Waals surface area contributed by atoms with Crippen molar-refractivity contribution in [2.45, 2.75) is 30.5 Å². The van der Waals surface area contributed by atoms with Crippen molar-refractivity contribution in [2.75, 3.05) is 13.7 Å². The molecule has 4 aromatic rings. The highest BCUT2D eigenvalue weighted by Crippen LogP contribution is 2.32. The summed E-state index contributed by atoms with van der Waals surface area (Å²) in [6.07, 6.45) is 0. The fourth-order valence-corrected chi connectivity index (χ4v) is 4.90. The van der Waals surface area contributed by atoms with E-state index in [4.69, 9.17) is 32.7 Å². The molecule has 0 bridgehead atoms. The Morgan fingerprint density at radius 2 is 1.81 bits per heavy atom. The highest BCUT2D eigenvalue weighted by molar-refractivity contribution is 7.98. The molecule has 3 aromatic carbocycles. The van der Waals surface area contributed by atoms with Crippen LogP contribution in [0.15, 0.2) is 78.0 Å². The van der Waals surface area contributed by atoms with Crippen LogP contribution < -0.4 is 10.1 Å². The molecule has 1 N–H and O–H groups in total. The maximum Gasteiger partial charge on any atom is 0.246 e. The Bertz CT molecular complexity index is 1350. The minimum atomic E-state index is -0.471. The Labute approximate surface area is 230 Å². The van der Waals surface area contributed by atoms with Crippen LogP contribution in [0.1, 0.15) is 29.9 Å². The molecule has 37 heavy (non-hydrogen) atoms. The van der Waals surface area contributed by atoms with E-state index >= 15 is 0 Å². The number of hydrogen-bond acceptors (Lipinski definition) is 6. The van der Waals surface area contributed by atoms with Crippen LogP contribution in [-0.2, 0) is 21.9 Å². The van der Waals surface area contributed by atoms with E-state index in [-0.39, 0.29) is 12.5 Å². The molecule has 0 saturated carbocycles. The highest BCUT2D eigenvalue weighted by Gasteiger charge is 2.23. The Morgan fingerprint density at radius 3 is 2.59 bits per heavy atom. The van der Waals surface area contributed by atoms with Crippen LogP contribution in [0, 0.1) is 0 Å². The fourth-order valence-electron chi connectivity index (χ4n) is 3.63. The van der Waals surface area contributed by atoms with E-state index in [1.807, 2.05) is 66.1 Å². The van der Waals surface area contributed by atoms with E-state index in [0.717, 1.165) is 16.9 Å². The van der Waals surface area contributed by atoms with Crippen molar-refractivity contribution >= 4 is 40.9 Å². The molecule has 0 fully saturated rings. The number of thioether (sulfide) groups is 1. The van der Waals surface area contributed by atoms with E-state index in [1.54, 1.807) is 25.3 Å². The van der Waals surface area contributed by atoms with Crippen LogP contribution >= 0.6 is 35.0 Å². The fraction of sp³-hybridized carbons (Fsp3) is 0.222. The lowest BCUT2D eigenvalue weighted by Crippen LogP contribution is -2.31. The topological polar surface area (TPSA) is 78.3 Å². The molecule has 10 heteroatoms. The Balaban J connectivity index is 1.52. The molecular weight excluding hydrogens is 531 g/mol. The third kappa shape index (κ3) is 7.26. The van der Waals surface area contributed by atoms with Crippen LogP contribution in [0.2, 0.25) is 10.0 Å². The summed E-state index contributed by atoms with van der Waals surface area (Å²) in [6, 6.07) is 22.2. The summed E-state index contributed by atoms with van der Waals surface area (Å²) in [5.74, 6) is 1.67. The van der Waals surface area contributed by atoms with Gasteiger partial charge in [0.15, 0.2) is 11.0 Å². The zero-order valence-electron chi connectivity index (χ0n) is 20.4. The van der Waals surface area contributed by atoms with Crippen LogP contribution in [-0.4, -0.2) is 34.4 Å². The summed E-state index contributed by atoms with van der Waals surface area (Å²) < 4.78 is 12.7. The van der Waals surface area contributed by atoms with Crippen molar-refractivity contribution < 1.29 is 14.3 Å². The number of amides is 1. The summed E-state index contributed by atoms with van der Waals surface area (Å²) in [4.78, 5) is 12.6. The first kappa shape index (κ1) is 27.0. The smallest absolute Gasteiger partial charge is 0.246 e. The molecule has 7 nitrogen and oxygen atoms in total. The quantitative estimate of drug-likeness (QED) is 0.219. The van der Waals surface area contributed by atoms with Crippen molar-refractivity contribution in [1.29, 1.82) is 0 Å². The second-order valence-electron chi connectivity index (χ2n) is 8.18. The predicted molar refractivity (Wildman–Crippen MR) is 147 cm³/mol. The molecule has 4 rings (SSSR count). The van der Waals surface area contributed by atoms with Gasteiger partial charge in [-0.1, -0.05) is 77.4 Å². The van der Waals surface area contributed by atoms with Gasteiger partial charge < -0.3 is 14.8 Å². The number of methoxy groups -OCH3 is 1. The maximum atomic E-state index is 12.6. The molecule has 0 aliphatic heterocycles. The van der Waals surface area contributed by atoms with E-state index in [0.29, 0.717) is 39.1 Å². The lowest BCUT2D eigenvalue weighted by atomic mass is 10.2. The van der Waals surface area contributed by atoms with Crippen LogP contribution in [0.25, 0.3) is 5.69 Å². The number of hydrogen-bond donors (Lipinski definition) is 1. The van der Waals surface area contributed by atoms with Gasteiger partial charge in [0, 0.05) is 10.8 Å². The number of carbonyl (C=O) groups excluding carboxylic acids is 1. The molecule has 1 unspecified atom stereocenters. The first-order chi connectivity index (χ1) is 17.9. The SMILES string of the molecule is COc1cccc(CSc2nnc(C(C)NC(=O)COCc3ccccc3)n2-c2cc(Cl)ccc2Cl)c1. The Kier molecular flexibility index (Phi) is 9.46. The second-order valence-corrected chi connectivity index (χ2v) is 9.97. The number of rotatable bonds is 11. The van der Waals surface area contributed by atoms with Crippen molar-refractivity contribution in [3.05, 3.63) is 99.8 Å².